The molecule has 1 amide bonds. The molecule has 0 aliphatic carbocycles. The Labute approximate surface area is 212 Å². The van der Waals surface area contributed by atoms with E-state index < -0.39 is 23.8 Å². The van der Waals surface area contributed by atoms with Crippen molar-refractivity contribution in [1.82, 2.24) is 14.6 Å². The first-order valence-electron chi connectivity index (χ1n) is 11.7. The summed E-state index contributed by atoms with van der Waals surface area (Å²) in [5.74, 6) is -0.548. The molecule has 3 atom stereocenters. The van der Waals surface area contributed by atoms with E-state index in [4.69, 9.17) is 9.47 Å². The number of aliphatic hydroxyl groups excluding tert-OH is 1. The molecule has 4 aromatic rings. The van der Waals surface area contributed by atoms with Crippen LogP contribution in [0.1, 0.15) is 28.0 Å². The molecule has 1 aliphatic heterocycles. The summed E-state index contributed by atoms with van der Waals surface area (Å²) in [6.07, 6.45) is -0.647. The van der Waals surface area contributed by atoms with Crippen molar-refractivity contribution in [3.05, 3.63) is 95.9 Å². The van der Waals surface area contributed by atoms with Crippen LogP contribution in [0.15, 0.2) is 79.1 Å². The van der Waals surface area contributed by atoms with Crippen LogP contribution >= 0.6 is 0 Å². The van der Waals surface area contributed by atoms with Gasteiger partial charge in [0.1, 0.15) is 30.6 Å². The van der Waals surface area contributed by atoms with Crippen LogP contribution in [0.4, 0.5) is 5.82 Å². The van der Waals surface area contributed by atoms with Gasteiger partial charge in [-0.2, -0.15) is 10.4 Å². The summed E-state index contributed by atoms with van der Waals surface area (Å²) in [6, 6.07) is 23.3. The first kappa shape index (κ1) is 24.1. The Morgan fingerprint density at radius 3 is 2.59 bits per heavy atom. The summed E-state index contributed by atoms with van der Waals surface area (Å²) in [7, 11) is 0. The van der Waals surface area contributed by atoms with E-state index in [0.29, 0.717) is 16.8 Å². The fourth-order valence-electron chi connectivity index (χ4n) is 4.34. The minimum Gasteiger partial charge on any atom is -0.463 e. The monoisotopic (exact) mass is 497 g/mol. The number of anilines is 1. The highest BCUT2D eigenvalue weighted by Gasteiger charge is 2.50. The van der Waals surface area contributed by atoms with Crippen LogP contribution in [0.2, 0.25) is 0 Å². The van der Waals surface area contributed by atoms with E-state index in [2.05, 4.69) is 21.5 Å². The van der Waals surface area contributed by atoms with Gasteiger partial charge in [-0.3, -0.25) is 9.59 Å². The molecule has 0 spiro atoms. The van der Waals surface area contributed by atoms with Crippen molar-refractivity contribution < 1.29 is 24.2 Å². The van der Waals surface area contributed by atoms with Crippen LogP contribution in [0.25, 0.3) is 5.52 Å². The predicted octanol–water partition coefficient (Wildman–Crippen LogP) is 2.64. The number of ether oxygens (including phenoxy) is 2. The maximum Gasteiger partial charge on any atom is 0.310 e. The van der Waals surface area contributed by atoms with Gasteiger partial charge in [-0.1, -0.05) is 48.5 Å². The summed E-state index contributed by atoms with van der Waals surface area (Å²) in [5.41, 5.74) is 0.539. The van der Waals surface area contributed by atoms with Gasteiger partial charge in [-0.05, 0) is 29.8 Å². The molecule has 5 rings (SSSR count). The maximum absolute atomic E-state index is 12.6. The number of benzene rings is 2. The van der Waals surface area contributed by atoms with E-state index in [-0.39, 0.29) is 31.2 Å². The Morgan fingerprint density at radius 2 is 1.86 bits per heavy atom. The third-order valence-corrected chi connectivity index (χ3v) is 6.19. The Hall–Kier alpha value is -4.59. The molecule has 2 N–H and O–H groups in total. The second-order valence-electron chi connectivity index (χ2n) is 8.66. The standard InChI is InChI=1S/C27H23N5O5/c28-16-27(14-21(33)22(37-27)15-36-24(34)13-18-7-3-1-4-8-18)23-12-11-20-25(29-17-30-32(20)23)31-26(35)19-9-5-2-6-10-19/h1-12,17,21-22,33H,13-15H2,(H,29,30,31,35)/t21-,22+,27-/m0/s1. The van der Waals surface area contributed by atoms with Crippen LogP contribution in [0.3, 0.4) is 0 Å². The third kappa shape index (κ3) is 4.91. The van der Waals surface area contributed by atoms with Gasteiger partial charge in [0.05, 0.1) is 18.2 Å². The molecule has 0 radical (unpaired) electrons. The topological polar surface area (TPSA) is 139 Å². The van der Waals surface area contributed by atoms with Gasteiger partial charge in [-0.15, -0.1) is 0 Å². The van der Waals surface area contributed by atoms with Crippen molar-refractivity contribution in [3.8, 4) is 6.07 Å². The van der Waals surface area contributed by atoms with Gasteiger partial charge >= 0.3 is 5.97 Å². The SMILES string of the molecule is N#C[C@]1(c2ccc3c(NC(=O)c4ccccc4)ncnn23)C[C@H](O)[C@@H](COC(=O)Cc2ccccc2)O1. The number of carbonyl (C=O) groups excluding carboxylic acids is 2. The zero-order valence-corrected chi connectivity index (χ0v) is 19.7. The van der Waals surface area contributed by atoms with Gasteiger partial charge in [0.15, 0.2) is 11.4 Å². The van der Waals surface area contributed by atoms with Crippen LogP contribution < -0.4 is 5.32 Å². The number of amides is 1. The molecule has 0 saturated carbocycles. The van der Waals surface area contributed by atoms with Gasteiger partial charge in [-0.25, -0.2) is 9.50 Å². The zero-order valence-electron chi connectivity index (χ0n) is 19.7. The van der Waals surface area contributed by atoms with Gasteiger partial charge < -0.3 is 19.9 Å². The highest BCUT2D eigenvalue weighted by atomic mass is 16.6. The van der Waals surface area contributed by atoms with Crippen molar-refractivity contribution >= 4 is 23.2 Å². The maximum atomic E-state index is 12.6. The Balaban J connectivity index is 1.33. The molecule has 2 aromatic carbocycles. The predicted molar refractivity (Wildman–Crippen MR) is 131 cm³/mol. The fourth-order valence-corrected chi connectivity index (χ4v) is 4.34. The number of hydrogen-bond donors (Lipinski definition) is 2. The third-order valence-electron chi connectivity index (χ3n) is 6.19. The molecule has 1 fully saturated rings. The van der Waals surface area contributed by atoms with E-state index in [0.717, 1.165) is 5.56 Å². The van der Waals surface area contributed by atoms with Crippen molar-refractivity contribution in [2.24, 2.45) is 0 Å². The molecular formula is C27H23N5O5. The number of aromatic nitrogens is 3. The normalized spacial score (nSPS) is 20.9. The van der Waals surface area contributed by atoms with Gasteiger partial charge in [0, 0.05) is 12.0 Å². The Morgan fingerprint density at radius 1 is 1.14 bits per heavy atom. The molecule has 0 unspecified atom stereocenters. The Kier molecular flexibility index (Phi) is 6.64. The minimum atomic E-state index is -1.54. The molecule has 3 heterocycles. The second-order valence-corrected chi connectivity index (χ2v) is 8.66. The molecule has 186 valence electrons. The Bertz CT molecular complexity index is 1470. The summed E-state index contributed by atoms with van der Waals surface area (Å²) >= 11 is 0. The number of fused-ring (bicyclic) bond motifs is 1. The molecule has 10 nitrogen and oxygen atoms in total. The van der Waals surface area contributed by atoms with Crippen LogP contribution in [0, 0.1) is 11.3 Å². The zero-order chi connectivity index (χ0) is 25.8. The average Bonchev–Trinajstić information content (AvgIpc) is 3.51. The number of hydrogen-bond acceptors (Lipinski definition) is 8. The first-order chi connectivity index (χ1) is 18.0. The smallest absolute Gasteiger partial charge is 0.310 e. The fraction of sp³-hybridized carbons (Fsp3) is 0.222. The van der Waals surface area contributed by atoms with Crippen molar-refractivity contribution in [2.45, 2.75) is 30.7 Å². The summed E-state index contributed by atoms with van der Waals surface area (Å²) in [6.45, 7) is -0.201. The molecule has 0 bridgehead atoms. The number of nitrogens with one attached hydrogen (secondary N) is 1. The number of esters is 1. The molecule has 2 aromatic heterocycles. The number of carbonyl (C=O) groups is 2. The van der Waals surface area contributed by atoms with Crippen molar-refractivity contribution in [1.29, 1.82) is 5.26 Å². The molecule has 10 heteroatoms. The molecule has 1 aliphatic rings. The number of nitrogens with zero attached hydrogens (tertiary/aromatic N) is 4. The number of rotatable bonds is 7. The number of aliphatic hydroxyl groups is 1. The van der Waals surface area contributed by atoms with Crippen LogP contribution in [0.5, 0.6) is 0 Å². The molecular weight excluding hydrogens is 474 g/mol. The largest absolute Gasteiger partial charge is 0.463 e. The number of nitriles is 1. The van der Waals surface area contributed by atoms with Gasteiger partial charge in [0.2, 0.25) is 0 Å². The van der Waals surface area contributed by atoms with E-state index >= 15 is 0 Å². The minimum absolute atomic E-state index is 0.0494. The van der Waals surface area contributed by atoms with Crippen LogP contribution in [-0.4, -0.2) is 50.4 Å². The van der Waals surface area contributed by atoms with Crippen molar-refractivity contribution in [2.75, 3.05) is 11.9 Å². The van der Waals surface area contributed by atoms with E-state index in [1.165, 1.54) is 10.8 Å². The highest BCUT2D eigenvalue weighted by Crippen LogP contribution is 2.40. The van der Waals surface area contributed by atoms with E-state index in [1.807, 2.05) is 36.4 Å². The summed E-state index contributed by atoms with van der Waals surface area (Å²) < 4.78 is 12.8. The highest BCUT2D eigenvalue weighted by molar-refractivity contribution is 6.05. The molecule has 37 heavy (non-hydrogen) atoms. The summed E-state index contributed by atoms with van der Waals surface area (Å²) in [5, 5.41) is 27.8. The van der Waals surface area contributed by atoms with Crippen molar-refractivity contribution in [3.63, 3.8) is 0 Å². The molecule has 1 saturated heterocycles. The second kappa shape index (κ2) is 10.2. The lowest BCUT2D eigenvalue weighted by atomic mass is 9.96. The lowest BCUT2D eigenvalue weighted by Gasteiger charge is -2.21. The lowest BCUT2D eigenvalue weighted by molar-refractivity contribution is -0.149. The first-order valence-corrected chi connectivity index (χ1v) is 11.7. The summed E-state index contributed by atoms with van der Waals surface area (Å²) in [4.78, 5) is 29.1. The average molecular weight is 498 g/mol. The van der Waals surface area contributed by atoms with Gasteiger partial charge in [0.25, 0.3) is 5.91 Å². The quantitative estimate of drug-likeness (QED) is 0.372. The van der Waals surface area contributed by atoms with Crippen LogP contribution in [-0.2, 0) is 26.3 Å². The lowest BCUT2D eigenvalue weighted by Crippen LogP contribution is -2.30. The van der Waals surface area contributed by atoms with E-state index in [9.17, 15) is 20.0 Å². The van der Waals surface area contributed by atoms with E-state index in [1.54, 1.807) is 36.4 Å².